The first-order valence-electron chi connectivity index (χ1n) is 4.13. The lowest BCUT2D eigenvalue weighted by Gasteiger charge is -2.05. The van der Waals surface area contributed by atoms with Crippen LogP contribution in [0.2, 0.25) is 0 Å². The molecule has 3 nitrogen and oxygen atoms in total. The maximum absolute atomic E-state index is 5.70. The molecule has 1 aromatic heterocycles. The molecule has 0 aromatic carbocycles. The molecule has 0 amide bonds. The summed E-state index contributed by atoms with van der Waals surface area (Å²) in [6.45, 7) is 3.62. The second-order valence-electron chi connectivity index (χ2n) is 2.81. The Morgan fingerprint density at radius 2 is 2.46 bits per heavy atom. The van der Waals surface area contributed by atoms with Gasteiger partial charge in [0, 0.05) is 18.3 Å². The van der Waals surface area contributed by atoms with E-state index >= 15 is 0 Å². The zero-order valence-electron chi connectivity index (χ0n) is 7.73. The summed E-state index contributed by atoms with van der Waals surface area (Å²) in [5.41, 5.74) is 6.79. The molecule has 1 unspecified atom stereocenters. The van der Waals surface area contributed by atoms with Gasteiger partial charge in [0.15, 0.2) is 0 Å². The van der Waals surface area contributed by atoms with E-state index in [0.717, 1.165) is 12.0 Å². The predicted molar refractivity (Wildman–Crippen MR) is 52.7 cm³/mol. The minimum absolute atomic E-state index is 0.00445. The van der Waals surface area contributed by atoms with Crippen LogP contribution in [0.3, 0.4) is 0 Å². The van der Waals surface area contributed by atoms with Crippen LogP contribution in [-0.2, 0) is 6.42 Å². The molecule has 1 atom stereocenters. The third-order valence-corrected chi connectivity index (χ3v) is 1.78. The highest BCUT2D eigenvalue weighted by molar-refractivity contribution is 5.19. The molecule has 0 fully saturated rings. The molecule has 0 bridgehead atoms. The first-order valence-corrected chi connectivity index (χ1v) is 4.13. The van der Waals surface area contributed by atoms with Crippen LogP contribution in [0.1, 0.15) is 5.56 Å². The highest BCUT2D eigenvalue weighted by Crippen LogP contribution is 2.07. The molecule has 0 radical (unpaired) electrons. The van der Waals surface area contributed by atoms with Crippen LogP contribution < -0.4 is 10.5 Å². The Balaban J connectivity index is 2.63. The summed E-state index contributed by atoms with van der Waals surface area (Å²) >= 11 is 0. The Morgan fingerprint density at radius 3 is 2.92 bits per heavy atom. The summed E-state index contributed by atoms with van der Waals surface area (Å²) in [5, 5.41) is 0. The van der Waals surface area contributed by atoms with E-state index in [9.17, 15) is 0 Å². The number of hydrogen-bond acceptors (Lipinski definition) is 3. The molecule has 0 aliphatic carbocycles. The van der Waals surface area contributed by atoms with Crippen LogP contribution in [0.5, 0.6) is 5.88 Å². The van der Waals surface area contributed by atoms with Crippen LogP contribution in [0.4, 0.5) is 0 Å². The van der Waals surface area contributed by atoms with Gasteiger partial charge in [-0.3, -0.25) is 0 Å². The summed E-state index contributed by atoms with van der Waals surface area (Å²) in [4.78, 5) is 4.07. The minimum Gasteiger partial charge on any atom is -0.481 e. The van der Waals surface area contributed by atoms with Crippen molar-refractivity contribution < 1.29 is 4.74 Å². The van der Waals surface area contributed by atoms with E-state index in [-0.39, 0.29) is 6.04 Å². The standard InChI is InChI=1S/C10H14N2O/c1-3-9(11)6-8-4-5-10(13-2)12-7-8/h3-5,7,9H,1,6,11H2,2H3. The van der Waals surface area contributed by atoms with Gasteiger partial charge in [0.2, 0.25) is 5.88 Å². The Bertz CT molecular complexity index is 269. The molecule has 1 rings (SSSR count). The lowest BCUT2D eigenvalue weighted by atomic mass is 10.1. The van der Waals surface area contributed by atoms with Crippen molar-refractivity contribution in [3.63, 3.8) is 0 Å². The molecule has 0 aliphatic rings. The van der Waals surface area contributed by atoms with Crippen molar-refractivity contribution in [3.05, 3.63) is 36.5 Å². The second-order valence-corrected chi connectivity index (χ2v) is 2.81. The van der Waals surface area contributed by atoms with Crippen LogP contribution >= 0.6 is 0 Å². The number of aromatic nitrogens is 1. The molecule has 70 valence electrons. The minimum atomic E-state index is -0.00445. The Hall–Kier alpha value is -1.35. The van der Waals surface area contributed by atoms with Gasteiger partial charge in [-0.2, -0.15) is 0 Å². The van der Waals surface area contributed by atoms with E-state index in [2.05, 4.69) is 11.6 Å². The Labute approximate surface area is 78.2 Å². The van der Waals surface area contributed by atoms with Crippen LogP contribution in [-0.4, -0.2) is 18.1 Å². The maximum Gasteiger partial charge on any atom is 0.212 e. The highest BCUT2D eigenvalue weighted by atomic mass is 16.5. The van der Waals surface area contributed by atoms with Gasteiger partial charge in [-0.15, -0.1) is 6.58 Å². The monoisotopic (exact) mass is 178 g/mol. The number of ether oxygens (including phenoxy) is 1. The number of nitrogens with two attached hydrogens (primary N) is 1. The molecule has 0 saturated heterocycles. The van der Waals surface area contributed by atoms with Crippen molar-refractivity contribution >= 4 is 0 Å². The summed E-state index contributed by atoms with van der Waals surface area (Å²) in [5.74, 6) is 0.621. The van der Waals surface area contributed by atoms with E-state index in [4.69, 9.17) is 10.5 Å². The van der Waals surface area contributed by atoms with Gasteiger partial charge >= 0.3 is 0 Å². The van der Waals surface area contributed by atoms with Crippen LogP contribution in [0, 0.1) is 0 Å². The average Bonchev–Trinajstić information content (AvgIpc) is 2.19. The SMILES string of the molecule is C=CC(N)Cc1ccc(OC)nc1. The number of hydrogen-bond donors (Lipinski definition) is 1. The van der Waals surface area contributed by atoms with Crippen molar-refractivity contribution in [2.75, 3.05) is 7.11 Å². The van der Waals surface area contributed by atoms with Gasteiger partial charge in [0.25, 0.3) is 0 Å². The third kappa shape index (κ3) is 2.87. The van der Waals surface area contributed by atoms with Crippen molar-refractivity contribution in [1.82, 2.24) is 4.98 Å². The first kappa shape index (κ1) is 9.74. The zero-order valence-corrected chi connectivity index (χ0v) is 7.73. The fourth-order valence-electron chi connectivity index (χ4n) is 1.01. The molecule has 2 N–H and O–H groups in total. The van der Waals surface area contributed by atoms with Crippen LogP contribution in [0.25, 0.3) is 0 Å². The first-order chi connectivity index (χ1) is 6.26. The number of methoxy groups -OCH3 is 1. The quantitative estimate of drug-likeness (QED) is 0.703. The topological polar surface area (TPSA) is 48.1 Å². The predicted octanol–water partition coefficient (Wildman–Crippen LogP) is 1.15. The Morgan fingerprint density at radius 1 is 1.69 bits per heavy atom. The fourth-order valence-corrected chi connectivity index (χ4v) is 1.01. The second kappa shape index (κ2) is 4.62. The van der Waals surface area contributed by atoms with Gasteiger partial charge in [-0.1, -0.05) is 12.1 Å². The van der Waals surface area contributed by atoms with Crippen molar-refractivity contribution in [2.45, 2.75) is 12.5 Å². The normalized spacial score (nSPS) is 12.2. The molecule has 1 heterocycles. The molecule has 1 aromatic rings. The van der Waals surface area contributed by atoms with Crippen molar-refractivity contribution in [2.24, 2.45) is 5.73 Å². The van der Waals surface area contributed by atoms with Crippen molar-refractivity contribution in [1.29, 1.82) is 0 Å². The van der Waals surface area contributed by atoms with E-state index in [1.54, 1.807) is 19.4 Å². The highest BCUT2D eigenvalue weighted by Gasteiger charge is 1.99. The lowest BCUT2D eigenvalue weighted by Crippen LogP contribution is -2.19. The number of pyridine rings is 1. The Kier molecular flexibility index (Phi) is 3.46. The summed E-state index contributed by atoms with van der Waals surface area (Å²) in [6, 6.07) is 3.77. The smallest absolute Gasteiger partial charge is 0.212 e. The lowest BCUT2D eigenvalue weighted by molar-refractivity contribution is 0.397. The van der Waals surface area contributed by atoms with E-state index in [1.807, 2.05) is 12.1 Å². The molecule has 0 spiro atoms. The van der Waals surface area contributed by atoms with Crippen molar-refractivity contribution in [3.8, 4) is 5.88 Å². The molecular formula is C10H14N2O. The average molecular weight is 178 g/mol. The molecular weight excluding hydrogens is 164 g/mol. The zero-order chi connectivity index (χ0) is 9.68. The fraction of sp³-hybridized carbons (Fsp3) is 0.300. The van der Waals surface area contributed by atoms with E-state index in [0.29, 0.717) is 5.88 Å². The number of nitrogens with zero attached hydrogens (tertiary/aromatic N) is 1. The molecule has 3 heteroatoms. The summed E-state index contributed by atoms with van der Waals surface area (Å²) < 4.78 is 4.94. The molecule has 0 aliphatic heterocycles. The third-order valence-electron chi connectivity index (χ3n) is 1.78. The summed E-state index contributed by atoms with van der Waals surface area (Å²) in [7, 11) is 1.59. The largest absolute Gasteiger partial charge is 0.481 e. The van der Waals surface area contributed by atoms with Gasteiger partial charge < -0.3 is 10.5 Å². The van der Waals surface area contributed by atoms with Gasteiger partial charge in [0.1, 0.15) is 0 Å². The van der Waals surface area contributed by atoms with Gasteiger partial charge in [0.05, 0.1) is 7.11 Å². The molecule has 13 heavy (non-hydrogen) atoms. The van der Waals surface area contributed by atoms with Crippen LogP contribution in [0.15, 0.2) is 31.0 Å². The molecule has 0 saturated carbocycles. The van der Waals surface area contributed by atoms with E-state index in [1.165, 1.54) is 0 Å². The van der Waals surface area contributed by atoms with E-state index < -0.39 is 0 Å². The maximum atomic E-state index is 5.70. The summed E-state index contributed by atoms with van der Waals surface area (Å²) in [6.07, 6.45) is 4.26. The van der Waals surface area contributed by atoms with Gasteiger partial charge in [-0.25, -0.2) is 4.98 Å². The number of rotatable bonds is 4. The van der Waals surface area contributed by atoms with Gasteiger partial charge in [-0.05, 0) is 12.0 Å².